The number of ether oxygens (including phenoxy) is 1. The van der Waals surface area contributed by atoms with Crippen LogP contribution in [0.3, 0.4) is 0 Å². The summed E-state index contributed by atoms with van der Waals surface area (Å²) in [6.45, 7) is 16.9. The summed E-state index contributed by atoms with van der Waals surface area (Å²) in [4.78, 5) is 0. The minimum Gasteiger partial charge on any atom is -0.377 e. The molecule has 0 aromatic rings. The quantitative estimate of drug-likeness (QED) is 0.711. The van der Waals surface area contributed by atoms with Gasteiger partial charge in [-0.05, 0) is 38.0 Å². The van der Waals surface area contributed by atoms with E-state index < -0.39 is 0 Å². The maximum atomic E-state index is 6.02. The van der Waals surface area contributed by atoms with Crippen molar-refractivity contribution in [3.8, 4) is 0 Å². The SMILES string of the molecule is CC(C)CCC(C)NC1CC(OCC(C)C)C1(C)C. The van der Waals surface area contributed by atoms with Gasteiger partial charge in [-0.1, -0.05) is 41.5 Å². The molecule has 3 unspecified atom stereocenters. The summed E-state index contributed by atoms with van der Waals surface area (Å²) in [5.41, 5.74) is 0.279. The van der Waals surface area contributed by atoms with E-state index >= 15 is 0 Å². The predicted octanol–water partition coefficient (Wildman–Crippen LogP) is 4.24. The molecule has 0 radical (unpaired) electrons. The third-order valence-corrected chi connectivity index (χ3v) is 4.47. The predicted molar refractivity (Wildman–Crippen MR) is 83.4 cm³/mol. The van der Waals surface area contributed by atoms with Crippen LogP contribution in [0.2, 0.25) is 0 Å². The standard InChI is InChI=1S/C17H35NO/c1-12(2)8-9-14(5)18-15-10-16(17(15,6)7)19-11-13(3)4/h12-16,18H,8-11H2,1-7H3. The van der Waals surface area contributed by atoms with Gasteiger partial charge in [0.25, 0.3) is 0 Å². The highest BCUT2D eigenvalue weighted by molar-refractivity contribution is 5.03. The molecule has 19 heavy (non-hydrogen) atoms. The van der Waals surface area contributed by atoms with E-state index in [1.54, 1.807) is 0 Å². The minimum absolute atomic E-state index is 0.279. The van der Waals surface area contributed by atoms with Gasteiger partial charge in [0.15, 0.2) is 0 Å². The van der Waals surface area contributed by atoms with Crippen LogP contribution in [0.15, 0.2) is 0 Å². The Kier molecular flexibility index (Phi) is 6.32. The van der Waals surface area contributed by atoms with Crippen molar-refractivity contribution in [2.45, 2.75) is 85.9 Å². The molecule has 1 saturated carbocycles. The first-order valence-electron chi connectivity index (χ1n) is 8.11. The summed E-state index contributed by atoms with van der Waals surface area (Å²) in [5, 5.41) is 3.80. The molecule has 2 heteroatoms. The van der Waals surface area contributed by atoms with Crippen molar-refractivity contribution in [3.05, 3.63) is 0 Å². The summed E-state index contributed by atoms with van der Waals surface area (Å²) in [5.74, 6) is 1.44. The van der Waals surface area contributed by atoms with E-state index in [-0.39, 0.29) is 5.41 Å². The molecule has 0 spiro atoms. The van der Waals surface area contributed by atoms with Crippen molar-refractivity contribution >= 4 is 0 Å². The molecule has 0 aromatic heterocycles. The fourth-order valence-electron chi connectivity index (χ4n) is 2.77. The first-order chi connectivity index (χ1) is 8.73. The van der Waals surface area contributed by atoms with Gasteiger partial charge in [0.1, 0.15) is 0 Å². The zero-order chi connectivity index (χ0) is 14.6. The van der Waals surface area contributed by atoms with Crippen molar-refractivity contribution in [3.63, 3.8) is 0 Å². The maximum Gasteiger partial charge on any atom is 0.0656 e. The minimum atomic E-state index is 0.279. The molecular formula is C17H35NO. The average molecular weight is 269 g/mol. The maximum absolute atomic E-state index is 6.02. The van der Waals surface area contributed by atoms with E-state index in [9.17, 15) is 0 Å². The number of rotatable bonds is 8. The molecule has 0 amide bonds. The van der Waals surface area contributed by atoms with Gasteiger partial charge in [0.05, 0.1) is 6.10 Å². The molecule has 3 atom stereocenters. The van der Waals surface area contributed by atoms with E-state index in [1.165, 1.54) is 19.3 Å². The van der Waals surface area contributed by atoms with Gasteiger partial charge in [-0.3, -0.25) is 0 Å². The lowest BCUT2D eigenvalue weighted by Crippen LogP contribution is -2.62. The van der Waals surface area contributed by atoms with Crippen LogP contribution in [0.4, 0.5) is 0 Å². The average Bonchev–Trinajstić information content (AvgIpc) is 2.29. The third-order valence-electron chi connectivity index (χ3n) is 4.47. The van der Waals surface area contributed by atoms with Crippen LogP contribution in [0, 0.1) is 17.3 Å². The van der Waals surface area contributed by atoms with E-state index in [2.05, 4.69) is 53.8 Å². The Morgan fingerprint density at radius 3 is 2.16 bits per heavy atom. The molecule has 2 nitrogen and oxygen atoms in total. The zero-order valence-electron chi connectivity index (χ0n) is 14.1. The first-order valence-corrected chi connectivity index (χ1v) is 8.11. The van der Waals surface area contributed by atoms with Crippen molar-refractivity contribution in [2.75, 3.05) is 6.61 Å². The second-order valence-corrected chi connectivity index (χ2v) is 7.86. The molecule has 0 aromatic carbocycles. The van der Waals surface area contributed by atoms with E-state index in [1.807, 2.05) is 0 Å². The fraction of sp³-hybridized carbons (Fsp3) is 1.00. The largest absolute Gasteiger partial charge is 0.377 e. The summed E-state index contributed by atoms with van der Waals surface area (Å²) in [6.07, 6.45) is 4.20. The normalized spacial score (nSPS) is 27.6. The lowest BCUT2D eigenvalue weighted by atomic mass is 9.64. The third kappa shape index (κ3) is 5.07. The molecule has 0 aliphatic heterocycles. The Balaban J connectivity index is 2.30. The Hall–Kier alpha value is -0.0800. The smallest absolute Gasteiger partial charge is 0.0656 e. The number of hydrogen-bond donors (Lipinski definition) is 1. The van der Waals surface area contributed by atoms with Crippen LogP contribution in [0.25, 0.3) is 0 Å². The molecule has 0 heterocycles. The topological polar surface area (TPSA) is 21.3 Å². The van der Waals surface area contributed by atoms with Crippen molar-refractivity contribution in [1.29, 1.82) is 0 Å². The van der Waals surface area contributed by atoms with E-state index in [0.29, 0.717) is 24.1 Å². The van der Waals surface area contributed by atoms with Gasteiger partial charge in [-0.15, -0.1) is 0 Å². The van der Waals surface area contributed by atoms with Gasteiger partial charge in [0, 0.05) is 24.1 Å². The van der Waals surface area contributed by atoms with Gasteiger partial charge < -0.3 is 10.1 Å². The Morgan fingerprint density at radius 2 is 1.68 bits per heavy atom. The van der Waals surface area contributed by atoms with Gasteiger partial charge in [0.2, 0.25) is 0 Å². The van der Waals surface area contributed by atoms with Gasteiger partial charge >= 0.3 is 0 Å². The van der Waals surface area contributed by atoms with E-state index in [0.717, 1.165) is 12.5 Å². The van der Waals surface area contributed by atoms with Crippen LogP contribution < -0.4 is 5.32 Å². The van der Waals surface area contributed by atoms with Crippen molar-refractivity contribution in [1.82, 2.24) is 5.32 Å². The number of hydrogen-bond acceptors (Lipinski definition) is 2. The molecule has 0 saturated heterocycles. The summed E-state index contributed by atoms with van der Waals surface area (Å²) >= 11 is 0. The van der Waals surface area contributed by atoms with E-state index in [4.69, 9.17) is 4.74 Å². The van der Waals surface area contributed by atoms with Crippen LogP contribution >= 0.6 is 0 Å². The lowest BCUT2D eigenvalue weighted by molar-refractivity contribution is -0.125. The van der Waals surface area contributed by atoms with Crippen molar-refractivity contribution in [2.24, 2.45) is 17.3 Å². The molecule has 1 aliphatic rings. The Bertz CT molecular complexity index is 260. The molecular weight excluding hydrogens is 234 g/mol. The Morgan fingerprint density at radius 1 is 1.05 bits per heavy atom. The highest BCUT2D eigenvalue weighted by Gasteiger charge is 2.49. The zero-order valence-corrected chi connectivity index (χ0v) is 14.1. The monoisotopic (exact) mass is 269 g/mol. The van der Waals surface area contributed by atoms with Crippen LogP contribution in [0.5, 0.6) is 0 Å². The van der Waals surface area contributed by atoms with Crippen LogP contribution in [-0.4, -0.2) is 24.8 Å². The molecule has 1 fully saturated rings. The fourth-order valence-corrected chi connectivity index (χ4v) is 2.77. The summed E-state index contributed by atoms with van der Waals surface area (Å²) in [7, 11) is 0. The highest BCUT2D eigenvalue weighted by Crippen LogP contribution is 2.43. The Labute approximate surface area is 120 Å². The van der Waals surface area contributed by atoms with Crippen LogP contribution in [-0.2, 0) is 4.74 Å². The summed E-state index contributed by atoms with van der Waals surface area (Å²) < 4.78 is 6.02. The lowest BCUT2D eigenvalue weighted by Gasteiger charge is -2.53. The number of nitrogens with one attached hydrogen (secondary N) is 1. The van der Waals surface area contributed by atoms with Crippen LogP contribution in [0.1, 0.15) is 67.7 Å². The van der Waals surface area contributed by atoms with Crippen molar-refractivity contribution < 1.29 is 4.74 Å². The molecule has 1 N–H and O–H groups in total. The molecule has 0 bridgehead atoms. The second kappa shape index (κ2) is 7.08. The second-order valence-electron chi connectivity index (χ2n) is 7.86. The summed E-state index contributed by atoms with van der Waals surface area (Å²) in [6, 6.07) is 1.24. The molecule has 1 aliphatic carbocycles. The first kappa shape index (κ1) is 17.0. The molecule has 114 valence electrons. The highest BCUT2D eigenvalue weighted by atomic mass is 16.5. The molecule has 1 rings (SSSR count). The van der Waals surface area contributed by atoms with Gasteiger partial charge in [-0.25, -0.2) is 0 Å². The van der Waals surface area contributed by atoms with Gasteiger partial charge in [-0.2, -0.15) is 0 Å².